The molecule has 6 heteroatoms. The molecule has 0 amide bonds. The van der Waals surface area contributed by atoms with Gasteiger partial charge in [0.2, 0.25) is 9.05 Å². The van der Waals surface area contributed by atoms with Crippen LogP contribution in [0.25, 0.3) is 0 Å². The van der Waals surface area contributed by atoms with E-state index in [4.69, 9.17) is 15.4 Å². The highest BCUT2D eigenvalue weighted by molar-refractivity contribution is 8.13. The molecule has 0 aromatic rings. The predicted molar refractivity (Wildman–Crippen MR) is 56.1 cm³/mol. The summed E-state index contributed by atoms with van der Waals surface area (Å²) in [5, 5.41) is 0. The number of halogens is 1. The Kier molecular flexibility index (Phi) is 4.63. The van der Waals surface area contributed by atoms with Gasteiger partial charge in [0.15, 0.2) is 0 Å². The van der Waals surface area contributed by atoms with Gasteiger partial charge < -0.3 is 9.64 Å². The second-order valence-corrected chi connectivity index (χ2v) is 6.49. The minimum atomic E-state index is -3.33. The highest BCUT2D eigenvalue weighted by Crippen LogP contribution is 2.11. The average molecular weight is 242 g/mol. The van der Waals surface area contributed by atoms with Crippen LogP contribution in [0.15, 0.2) is 0 Å². The molecule has 0 bridgehead atoms. The first-order chi connectivity index (χ1) is 6.49. The minimum Gasteiger partial charge on any atom is -0.380 e. The van der Waals surface area contributed by atoms with Crippen LogP contribution in [0.2, 0.25) is 0 Å². The van der Waals surface area contributed by atoms with Crippen LogP contribution in [0, 0.1) is 0 Å². The maximum atomic E-state index is 10.7. The third-order valence-electron chi connectivity index (χ3n) is 2.43. The van der Waals surface area contributed by atoms with E-state index < -0.39 is 9.05 Å². The lowest BCUT2D eigenvalue weighted by molar-refractivity contribution is 0.159. The van der Waals surface area contributed by atoms with Crippen LogP contribution in [0.5, 0.6) is 0 Å². The van der Waals surface area contributed by atoms with Gasteiger partial charge >= 0.3 is 0 Å². The SMILES string of the molecule is CN(CCCS(=O)(=O)Cl)C1CCOC1. The van der Waals surface area contributed by atoms with Crippen molar-refractivity contribution < 1.29 is 13.2 Å². The molecule has 1 heterocycles. The van der Waals surface area contributed by atoms with Crippen LogP contribution in [0.4, 0.5) is 0 Å². The number of ether oxygens (including phenoxy) is 1. The maximum Gasteiger partial charge on any atom is 0.232 e. The first kappa shape index (κ1) is 12.2. The fourth-order valence-electron chi connectivity index (χ4n) is 1.54. The Labute approximate surface area is 89.6 Å². The Morgan fingerprint density at radius 1 is 1.57 bits per heavy atom. The van der Waals surface area contributed by atoms with Crippen molar-refractivity contribution in [1.29, 1.82) is 0 Å². The second kappa shape index (κ2) is 5.30. The highest BCUT2D eigenvalue weighted by atomic mass is 35.7. The molecule has 1 saturated heterocycles. The summed E-state index contributed by atoms with van der Waals surface area (Å²) in [5.74, 6) is 0.0481. The van der Waals surface area contributed by atoms with E-state index in [2.05, 4.69) is 4.90 Å². The van der Waals surface area contributed by atoms with Crippen molar-refractivity contribution in [3.05, 3.63) is 0 Å². The van der Waals surface area contributed by atoms with Gasteiger partial charge in [0.1, 0.15) is 0 Å². The van der Waals surface area contributed by atoms with Crippen LogP contribution in [0.3, 0.4) is 0 Å². The van der Waals surface area contributed by atoms with Crippen LogP contribution in [-0.2, 0) is 13.8 Å². The average Bonchev–Trinajstić information content (AvgIpc) is 2.53. The van der Waals surface area contributed by atoms with Crippen molar-refractivity contribution in [2.45, 2.75) is 18.9 Å². The number of likely N-dealkylation sites (N-methyl/N-ethyl adjacent to an activating group) is 1. The summed E-state index contributed by atoms with van der Waals surface area (Å²) >= 11 is 0. The molecule has 0 spiro atoms. The fraction of sp³-hybridized carbons (Fsp3) is 1.00. The van der Waals surface area contributed by atoms with E-state index in [-0.39, 0.29) is 5.75 Å². The third kappa shape index (κ3) is 4.59. The molecule has 1 aliphatic heterocycles. The van der Waals surface area contributed by atoms with Crippen LogP contribution in [0.1, 0.15) is 12.8 Å². The molecule has 1 fully saturated rings. The van der Waals surface area contributed by atoms with Gasteiger partial charge in [-0.2, -0.15) is 0 Å². The Bertz CT molecular complexity index is 262. The first-order valence-corrected chi connectivity index (χ1v) is 7.17. The van der Waals surface area contributed by atoms with E-state index in [1.807, 2.05) is 7.05 Å². The number of rotatable bonds is 5. The molecular formula is C8H16ClNO3S. The normalized spacial score (nSPS) is 23.2. The lowest BCUT2D eigenvalue weighted by atomic mass is 10.2. The van der Waals surface area contributed by atoms with Gasteiger partial charge in [0, 0.05) is 23.3 Å². The van der Waals surface area contributed by atoms with Crippen LogP contribution in [-0.4, -0.2) is 51.9 Å². The highest BCUT2D eigenvalue weighted by Gasteiger charge is 2.20. The number of hydrogen-bond donors (Lipinski definition) is 0. The molecule has 4 nitrogen and oxygen atoms in total. The number of hydrogen-bond acceptors (Lipinski definition) is 4. The summed E-state index contributed by atoms with van der Waals surface area (Å²) < 4.78 is 26.6. The van der Waals surface area contributed by atoms with E-state index in [1.165, 1.54) is 0 Å². The smallest absolute Gasteiger partial charge is 0.232 e. The standard InChI is InChI=1S/C8H16ClNO3S/c1-10(8-3-5-13-7-8)4-2-6-14(9,11)12/h8H,2-7H2,1H3. The molecule has 0 aliphatic carbocycles. The summed E-state index contributed by atoms with van der Waals surface area (Å²) in [5.41, 5.74) is 0. The molecule has 0 aromatic carbocycles. The summed E-state index contributed by atoms with van der Waals surface area (Å²) in [6.07, 6.45) is 1.61. The van der Waals surface area contributed by atoms with Gasteiger partial charge in [-0.25, -0.2) is 8.42 Å². The van der Waals surface area contributed by atoms with E-state index in [9.17, 15) is 8.42 Å². The van der Waals surface area contributed by atoms with Crippen molar-refractivity contribution in [2.75, 3.05) is 32.6 Å². The topological polar surface area (TPSA) is 46.6 Å². The summed E-state index contributed by atoms with van der Waals surface area (Å²) in [4.78, 5) is 2.13. The molecule has 0 saturated carbocycles. The zero-order valence-electron chi connectivity index (χ0n) is 8.28. The van der Waals surface area contributed by atoms with Gasteiger partial charge in [0.05, 0.1) is 12.4 Å². The molecule has 84 valence electrons. The first-order valence-electron chi connectivity index (χ1n) is 4.69. The Morgan fingerprint density at radius 3 is 2.79 bits per heavy atom. The lowest BCUT2D eigenvalue weighted by Gasteiger charge is -2.22. The Morgan fingerprint density at radius 2 is 2.29 bits per heavy atom. The van der Waals surface area contributed by atoms with Crippen molar-refractivity contribution in [2.24, 2.45) is 0 Å². The monoisotopic (exact) mass is 241 g/mol. The van der Waals surface area contributed by atoms with Crippen molar-refractivity contribution in [3.63, 3.8) is 0 Å². The molecular weight excluding hydrogens is 226 g/mol. The molecule has 14 heavy (non-hydrogen) atoms. The molecule has 1 rings (SSSR count). The van der Waals surface area contributed by atoms with Crippen molar-refractivity contribution >= 4 is 19.7 Å². The fourth-order valence-corrected chi connectivity index (χ4v) is 2.34. The molecule has 1 unspecified atom stereocenters. The van der Waals surface area contributed by atoms with Crippen molar-refractivity contribution in [1.82, 2.24) is 4.90 Å². The molecule has 0 radical (unpaired) electrons. The van der Waals surface area contributed by atoms with Gasteiger partial charge in [0.25, 0.3) is 0 Å². The predicted octanol–water partition coefficient (Wildman–Crippen LogP) is 0.666. The maximum absolute atomic E-state index is 10.7. The van der Waals surface area contributed by atoms with Gasteiger partial charge in [-0.05, 0) is 26.4 Å². The summed E-state index contributed by atoms with van der Waals surface area (Å²) in [6.45, 7) is 2.31. The van der Waals surface area contributed by atoms with E-state index in [0.29, 0.717) is 12.5 Å². The Balaban J connectivity index is 2.17. The summed E-state index contributed by atoms with van der Waals surface area (Å²) in [6, 6.07) is 0.438. The number of nitrogens with zero attached hydrogens (tertiary/aromatic N) is 1. The zero-order chi connectivity index (χ0) is 10.6. The van der Waals surface area contributed by atoms with Gasteiger partial charge in [-0.1, -0.05) is 0 Å². The third-order valence-corrected chi connectivity index (χ3v) is 3.67. The van der Waals surface area contributed by atoms with E-state index in [0.717, 1.165) is 26.2 Å². The largest absolute Gasteiger partial charge is 0.380 e. The molecule has 1 aliphatic rings. The van der Waals surface area contributed by atoms with Gasteiger partial charge in [-0.15, -0.1) is 0 Å². The van der Waals surface area contributed by atoms with Crippen LogP contribution < -0.4 is 0 Å². The van der Waals surface area contributed by atoms with E-state index >= 15 is 0 Å². The lowest BCUT2D eigenvalue weighted by Crippen LogP contribution is -2.33. The molecule has 0 N–H and O–H groups in total. The molecule has 1 atom stereocenters. The zero-order valence-corrected chi connectivity index (χ0v) is 9.85. The van der Waals surface area contributed by atoms with Crippen LogP contribution >= 0.6 is 10.7 Å². The van der Waals surface area contributed by atoms with E-state index in [1.54, 1.807) is 0 Å². The quantitative estimate of drug-likeness (QED) is 0.664. The van der Waals surface area contributed by atoms with Crippen molar-refractivity contribution in [3.8, 4) is 0 Å². The second-order valence-electron chi connectivity index (χ2n) is 3.59. The minimum absolute atomic E-state index is 0.0481. The molecule has 0 aromatic heterocycles. The Hall–Kier alpha value is 0.160. The summed E-state index contributed by atoms with van der Waals surface area (Å²) in [7, 11) is 3.76. The van der Waals surface area contributed by atoms with Gasteiger partial charge in [-0.3, -0.25) is 0 Å².